The van der Waals surface area contributed by atoms with Gasteiger partial charge in [0.05, 0.1) is 0 Å². The summed E-state index contributed by atoms with van der Waals surface area (Å²) in [6.07, 6.45) is 2.97. The monoisotopic (exact) mass is 285 g/mol. The molecular formula is C18H20FNO. The summed E-state index contributed by atoms with van der Waals surface area (Å²) < 4.78 is 20.0. The summed E-state index contributed by atoms with van der Waals surface area (Å²) in [5.41, 5.74) is 8.64. The van der Waals surface area contributed by atoms with Crippen LogP contribution < -0.4 is 10.5 Å². The van der Waals surface area contributed by atoms with Gasteiger partial charge in [-0.25, -0.2) is 4.39 Å². The van der Waals surface area contributed by atoms with Gasteiger partial charge in [0.2, 0.25) is 0 Å². The van der Waals surface area contributed by atoms with Crippen LogP contribution >= 0.6 is 0 Å². The highest BCUT2D eigenvalue weighted by molar-refractivity contribution is 5.41. The third kappa shape index (κ3) is 2.79. The fraction of sp³-hybridized carbons (Fsp3) is 0.333. The van der Waals surface area contributed by atoms with E-state index in [0.717, 1.165) is 36.0 Å². The van der Waals surface area contributed by atoms with Crippen molar-refractivity contribution in [1.29, 1.82) is 0 Å². The SMILES string of the molecule is Cc1cc(C2(N)CCC2)cc(F)c1OCc1ccccc1. The standard InChI is InChI=1S/C18H20FNO/c1-13-10-15(18(20)8-5-9-18)11-16(19)17(13)21-12-14-6-3-2-4-7-14/h2-4,6-7,10-11H,5,8-9,12,20H2,1H3. The van der Waals surface area contributed by atoms with Crippen molar-refractivity contribution in [1.82, 2.24) is 0 Å². The Labute approximate surface area is 124 Å². The van der Waals surface area contributed by atoms with Gasteiger partial charge in [-0.05, 0) is 48.9 Å². The first-order chi connectivity index (χ1) is 10.1. The van der Waals surface area contributed by atoms with Crippen LogP contribution in [-0.2, 0) is 12.1 Å². The Bertz CT molecular complexity index is 612. The highest BCUT2D eigenvalue weighted by atomic mass is 19.1. The van der Waals surface area contributed by atoms with Gasteiger partial charge in [0.15, 0.2) is 11.6 Å². The minimum atomic E-state index is -0.344. The topological polar surface area (TPSA) is 35.2 Å². The average molecular weight is 285 g/mol. The van der Waals surface area contributed by atoms with E-state index < -0.39 is 0 Å². The minimum absolute atomic E-state index is 0.322. The lowest BCUT2D eigenvalue weighted by atomic mass is 9.72. The molecule has 2 aromatic rings. The van der Waals surface area contributed by atoms with Crippen LogP contribution in [0.2, 0.25) is 0 Å². The number of ether oxygens (including phenoxy) is 1. The number of aryl methyl sites for hydroxylation is 1. The summed E-state index contributed by atoms with van der Waals surface area (Å²) in [6, 6.07) is 13.3. The van der Waals surface area contributed by atoms with E-state index >= 15 is 0 Å². The van der Waals surface area contributed by atoms with Gasteiger partial charge in [-0.3, -0.25) is 0 Å². The molecule has 0 heterocycles. The van der Waals surface area contributed by atoms with Crippen LogP contribution in [-0.4, -0.2) is 0 Å². The molecule has 0 amide bonds. The zero-order valence-corrected chi connectivity index (χ0v) is 12.2. The largest absolute Gasteiger partial charge is 0.486 e. The third-order valence-corrected chi connectivity index (χ3v) is 4.28. The fourth-order valence-corrected chi connectivity index (χ4v) is 2.78. The van der Waals surface area contributed by atoms with E-state index in [1.54, 1.807) is 0 Å². The maximum atomic E-state index is 14.3. The fourth-order valence-electron chi connectivity index (χ4n) is 2.78. The van der Waals surface area contributed by atoms with E-state index in [1.165, 1.54) is 6.07 Å². The van der Waals surface area contributed by atoms with Crippen molar-refractivity contribution < 1.29 is 9.13 Å². The Morgan fingerprint density at radius 2 is 1.90 bits per heavy atom. The van der Waals surface area contributed by atoms with Crippen molar-refractivity contribution in [3.05, 3.63) is 65.0 Å². The predicted octanol–water partition coefficient (Wildman–Crippen LogP) is 4.05. The molecule has 0 aliphatic heterocycles. The molecule has 0 radical (unpaired) electrons. The van der Waals surface area contributed by atoms with Crippen LogP contribution in [0.4, 0.5) is 4.39 Å². The summed E-state index contributed by atoms with van der Waals surface area (Å²) in [5, 5.41) is 0. The Balaban J connectivity index is 1.80. The van der Waals surface area contributed by atoms with Crippen LogP contribution in [0.1, 0.15) is 36.0 Å². The van der Waals surface area contributed by atoms with E-state index in [9.17, 15) is 4.39 Å². The van der Waals surface area contributed by atoms with E-state index in [2.05, 4.69) is 0 Å². The second-order valence-electron chi connectivity index (χ2n) is 5.89. The molecule has 1 aliphatic rings. The second-order valence-corrected chi connectivity index (χ2v) is 5.89. The quantitative estimate of drug-likeness (QED) is 0.919. The van der Waals surface area contributed by atoms with Crippen molar-refractivity contribution in [3.63, 3.8) is 0 Å². The Morgan fingerprint density at radius 1 is 1.19 bits per heavy atom. The molecule has 0 bridgehead atoms. The van der Waals surface area contributed by atoms with Gasteiger partial charge in [0.25, 0.3) is 0 Å². The second kappa shape index (κ2) is 5.49. The molecule has 110 valence electrons. The van der Waals surface area contributed by atoms with Crippen molar-refractivity contribution >= 4 is 0 Å². The van der Waals surface area contributed by atoms with Crippen LogP contribution in [0.3, 0.4) is 0 Å². The molecule has 0 atom stereocenters. The van der Waals surface area contributed by atoms with E-state index in [-0.39, 0.29) is 11.4 Å². The van der Waals surface area contributed by atoms with Crippen molar-refractivity contribution in [2.75, 3.05) is 0 Å². The molecule has 0 unspecified atom stereocenters. The van der Waals surface area contributed by atoms with E-state index in [0.29, 0.717) is 12.4 Å². The molecular weight excluding hydrogens is 265 g/mol. The zero-order valence-electron chi connectivity index (χ0n) is 12.2. The third-order valence-electron chi connectivity index (χ3n) is 4.28. The van der Waals surface area contributed by atoms with Crippen molar-refractivity contribution in [3.8, 4) is 5.75 Å². The first kappa shape index (κ1) is 14.1. The zero-order chi connectivity index (χ0) is 14.9. The van der Waals surface area contributed by atoms with Gasteiger partial charge in [-0.1, -0.05) is 36.4 Å². The lowest BCUT2D eigenvalue weighted by Gasteiger charge is -2.39. The minimum Gasteiger partial charge on any atom is -0.486 e. The van der Waals surface area contributed by atoms with Gasteiger partial charge < -0.3 is 10.5 Å². The van der Waals surface area contributed by atoms with Crippen LogP contribution in [0.25, 0.3) is 0 Å². The number of nitrogens with two attached hydrogens (primary N) is 1. The molecule has 3 heteroatoms. The molecule has 1 saturated carbocycles. The summed E-state index contributed by atoms with van der Waals surface area (Å²) in [4.78, 5) is 0. The molecule has 1 aliphatic carbocycles. The summed E-state index contributed by atoms with van der Waals surface area (Å²) in [7, 11) is 0. The number of hydrogen-bond donors (Lipinski definition) is 1. The van der Waals surface area contributed by atoms with Crippen LogP contribution in [0, 0.1) is 12.7 Å². The lowest BCUT2D eigenvalue weighted by Crippen LogP contribution is -2.43. The lowest BCUT2D eigenvalue weighted by molar-refractivity contribution is 0.250. The van der Waals surface area contributed by atoms with Gasteiger partial charge in [0, 0.05) is 5.54 Å². The molecule has 2 nitrogen and oxygen atoms in total. The summed E-state index contributed by atoms with van der Waals surface area (Å²) in [5.74, 6) is 0.00295. The molecule has 0 spiro atoms. The van der Waals surface area contributed by atoms with Gasteiger partial charge in [-0.2, -0.15) is 0 Å². The molecule has 0 aromatic heterocycles. The van der Waals surface area contributed by atoms with E-state index in [1.807, 2.05) is 43.3 Å². The first-order valence-electron chi connectivity index (χ1n) is 7.35. The van der Waals surface area contributed by atoms with Crippen molar-refractivity contribution in [2.24, 2.45) is 5.73 Å². The Morgan fingerprint density at radius 3 is 2.48 bits per heavy atom. The molecule has 2 aromatic carbocycles. The number of hydrogen-bond acceptors (Lipinski definition) is 2. The number of halogens is 1. The van der Waals surface area contributed by atoms with Crippen LogP contribution in [0.15, 0.2) is 42.5 Å². The highest BCUT2D eigenvalue weighted by Gasteiger charge is 2.35. The molecule has 0 saturated heterocycles. The van der Waals surface area contributed by atoms with E-state index in [4.69, 9.17) is 10.5 Å². The number of benzene rings is 2. The maximum absolute atomic E-state index is 14.3. The molecule has 21 heavy (non-hydrogen) atoms. The van der Waals surface area contributed by atoms with Gasteiger partial charge in [-0.15, -0.1) is 0 Å². The summed E-state index contributed by atoms with van der Waals surface area (Å²) in [6.45, 7) is 2.24. The Kier molecular flexibility index (Phi) is 3.68. The number of rotatable bonds is 4. The van der Waals surface area contributed by atoms with Crippen molar-refractivity contribution in [2.45, 2.75) is 38.3 Å². The van der Waals surface area contributed by atoms with Crippen LogP contribution in [0.5, 0.6) is 5.75 Å². The Hall–Kier alpha value is -1.87. The maximum Gasteiger partial charge on any atom is 0.165 e. The summed E-state index contributed by atoms with van der Waals surface area (Å²) >= 11 is 0. The first-order valence-corrected chi connectivity index (χ1v) is 7.35. The molecule has 1 fully saturated rings. The molecule has 3 rings (SSSR count). The predicted molar refractivity (Wildman–Crippen MR) is 81.6 cm³/mol. The molecule has 2 N–H and O–H groups in total. The normalized spacial score (nSPS) is 16.3. The van der Waals surface area contributed by atoms with Gasteiger partial charge in [0.1, 0.15) is 6.61 Å². The van der Waals surface area contributed by atoms with Gasteiger partial charge >= 0.3 is 0 Å². The highest BCUT2D eigenvalue weighted by Crippen LogP contribution is 2.40. The smallest absolute Gasteiger partial charge is 0.165 e. The average Bonchev–Trinajstić information content (AvgIpc) is 2.45.